The van der Waals surface area contributed by atoms with Gasteiger partial charge in [-0.1, -0.05) is 4.52 Å². The fourth-order valence-electron chi connectivity index (χ4n) is 0.260. The molecule has 0 saturated carbocycles. The molecule has 0 aromatic rings. The molecule has 0 aromatic heterocycles. The third-order valence-electron chi connectivity index (χ3n) is 0.473. The van der Waals surface area contributed by atoms with E-state index in [2.05, 4.69) is 9.05 Å². The molecular weight excluding hydrogens is 143 g/mol. The van der Waals surface area contributed by atoms with Gasteiger partial charge in [-0.3, -0.25) is 0 Å². The Kier molecular flexibility index (Phi) is 4.81. The van der Waals surface area contributed by atoms with Crippen molar-refractivity contribution in [1.82, 2.24) is 0 Å². The molecule has 9 heavy (non-hydrogen) atoms. The third-order valence-corrected chi connectivity index (χ3v) is 1.42. The minimum atomic E-state index is -2.12. The first kappa shape index (κ1) is 8.98. The Hall–Kier alpha value is -0.0200. The van der Waals surface area contributed by atoms with Crippen LogP contribution in [0.15, 0.2) is 0 Å². The van der Waals surface area contributed by atoms with Crippen LogP contribution in [0.25, 0.3) is 0 Å². The number of aliphatic hydroxyl groups is 1. The molecule has 0 rings (SSSR count). The van der Waals surface area contributed by atoms with Gasteiger partial charge in [-0.2, -0.15) is 0 Å². The summed E-state index contributed by atoms with van der Waals surface area (Å²) in [6, 6.07) is 0. The molecule has 0 heterocycles. The summed E-state index contributed by atoms with van der Waals surface area (Å²) in [5, 5.41) is 8.46. The quantitative estimate of drug-likeness (QED) is 0.484. The molecule has 0 aliphatic heterocycles. The molecule has 0 radical (unpaired) electrons. The minimum Gasteiger partial charge on any atom is -0.364 e. The lowest BCUT2D eigenvalue weighted by molar-refractivity contribution is -0.00569. The summed E-state index contributed by atoms with van der Waals surface area (Å²) in [5.41, 5.74) is 0. The van der Waals surface area contributed by atoms with Gasteiger partial charge in [-0.15, -0.1) is 4.52 Å². The van der Waals surface area contributed by atoms with Crippen molar-refractivity contribution in [2.45, 2.75) is 20.1 Å². The molecule has 0 aromatic carbocycles. The van der Waals surface area contributed by atoms with Gasteiger partial charge in [-0.05, 0) is 13.8 Å². The number of rotatable bonds is 4. The average molecular weight is 153 g/mol. The van der Waals surface area contributed by atoms with E-state index < -0.39 is 14.5 Å². The standard InChI is InChI=1S/C4H10O4P/c1-3-7-9(6)8-4(2)5/h4-5H,3H2,1-2H3/q+1. The van der Waals surface area contributed by atoms with Gasteiger partial charge in [0.25, 0.3) is 0 Å². The lowest BCUT2D eigenvalue weighted by atomic mass is 10.8. The van der Waals surface area contributed by atoms with Gasteiger partial charge in [0.1, 0.15) is 6.61 Å². The van der Waals surface area contributed by atoms with Crippen molar-refractivity contribution in [3.05, 3.63) is 0 Å². The summed E-state index contributed by atoms with van der Waals surface area (Å²) in [5.74, 6) is 0. The van der Waals surface area contributed by atoms with Gasteiger partial charge < -0.3 is 5.11 Å². The largest absolute Gasteiger partial charge is 0.700 e. The Bertz CT molecular complexity index is 92.6. The zero-order valence-electron chi connectivity index (χ0n) is 5.40. The summed E-state index contributed by atoms with van der Waals surface area (Å²) in [6.07, 6.45) is -1.03. The maximum atomic E-state index is 10.4. The number of aliphatic hydroxyl groups excluding tert-OH is 1. The first-order chi connectivity index (χ1) is 4.16. The van der Waals surface area contributed by atoms with Gasteiger partial charge in [0.15, 0.2) is 0 Å². The second-order valence-corrected chi connectivity index (χ2v) is 2.26. The fourth-order valence-corrected chi connectivity index (χ4v) is 0.781. The highest BCUT2D eigenvalue weighted by molar-refractivity contribution is 7.33. The molecule has 0 fully saturated rings. The van der Waals surface area contributed by atoms with Crippen LogP contribution < -0.4 is 0 Å². The maximum absolute atomic E-state index is 10.4. The molecule has 0 aliphatic carbocycles. The van der Waals surface area contributed by atoms with Crippen molar-refractivity contribution in [3.63, 3.8) is 0 Å². The van der Waals surface area contributed by atoms with E-state index in [9.17, 15) is 4.57 Å². The molecule has 54 valence electrons. The van der Waals surface area contributed by atoms with Gasteiger partial charge in [0.05, 0.1) is 0 Å². The van der Waals surface area contributed by atoms with Gasteiger partial charge in [0.2, 0.25) is 6.29 Å². The van der Waals surface area contributed by atoms with E-state index >= 15 is 0 Å². The SMILES string of the molecule is CCO[P+](=O)OC(C)O. The molecule has 2 atom stereocenters. The number of hydrogen-bond acceptors (Lipinski definition) is 4. The average Bonchev–Trinajstić information content (AvgIpc) is 1.63. The van der Waals surface area contributed by atoms with Crippen molar-refractivity contribution in [3.8, 4) is 0 Å². The summed E-state index contributed by atoms with van der Waals surface area (Å²) < 4.78 is 19.2. The Labute approximate surface area is 54.7 Å². The van der Waals surface area contributed by atoms with E-state index in [-0.39, 0.29) is 0 Å². The van der Waals surface area contributed by atoms with Crippen molar-refractivity contribution < 1.29 is 18.7 Å². The second-order valence-electron chi connectivity index (χ2n) is 1.35. The smallest absolute Gasteiger partial charge is 0.364 e. The van der Waals surface area contributed by atoms with Gasteiger partial charge >= 0.3 is 8.25 Å². The zero-order valence-corrected chi connectivity index (χ0v) is 6.30. The monoisotopic (exact) mass is 153 g/mol. The van der Waals surface area contributed by atoms with Crippen molar-refractivity contribution in [2.75, 3.05) is 6.61 Å². The fraction of sp³-hybridized carbons (Fsp3) is 1.00. The highest BCUT2D eigenvalue weighted by Crippen LogP contribution is 2.24. The molecule has 0 saturated heterocycles. The van der Waals surface area contributed by atoms with E-state index in [4.69, 9.17) is 5.11 Å². The van der Waals surface area contributed by atoms with Crippen LogP contribution in [-0.4, -0.2) is 18.0 Å². The van der Waals surface area contributed by atoms with Crippen LogP contribution >= 0.6 is 8.25 Å². The normalized spacial score (nSPS) is 15.2. The van der Waals surface area contributed by atoms with Crippen LogP contribution in [0.1, 0.15) is 13.8 Å². The van der Waals surface area contributed by atoms with Gasteiger partial charge in [0, 0.05) is 4.57 Å². The molecule has 5 heteroatoms. The first-order valence-electron chi connectivity index (χ1n) is 2.61. The molecule has 0 amide bonds. The van der Waals surface area contributed by atoms with E-state index in [0.29, 0.717) is 6.61 Å². The van der Waals surface area contributed by atoms with E-state index in [1.165, 1.54) is 6.92 Å². The molecular formula is C4H10O4P+. The maximum Gasteiger partial charge on any atom is 0.700 e. The predicted octanol–water partition coefficient (Wildman–Crippen LogP) is 1.04. The van der Waals surface area contributed by atoms with Crippen LogP contribution in [0, 0.1) is 0 Å². The highest BCUT2D eigenvalue weighted by atomic mass is 31.1. The Morgan fingerprint density at radius 2 is 2.33 bits per heavy atom. The van der Waals surface area contributed by atoms with Crippen LogP contribution in [0.5, 0.6) is 0 Å². The van der Waals surface area contributed by atoms with Crippen LogP contribution in [-0.2, 0) is 13.6 Å². The molecule has 0 aliphatic rings. The molecule has 0 spiro atoms. The molecule has 2 unspecified atom stereocenters. The Morgan fingerprint density at radius 3 is 2.67 bits per heavy atom. The van der Waals surface area contributed by atoms with Crippen LogP contribution in [0.4, 0.5) is 0 Å². The summed E-state index contributed by atoms with van der Waals surface area (Å²) in [7, 11) is -2.12. The third kappa shape index (κ3) is 5.86. The predicted molar refractivity (Wildman–Crippen MR) is 32.0 cm³/mol. The second kappa shape index (κ2) is 4.82. The highest BCUT2D eigenvalue weighted by Gasteiger charge is 2.21. The summed E-state index contributed by atoms with van der Waals surface area (Å²) in [4.78, 5) is 0. The summed E-state index contributed by atoms with van der Waals surface area (Å²) >= 11 is 0. The molecule has 4 nitrogen and oxygen atoms in total. The zero-order chi connectivity index (χ0) is 7.28. The lowest BCUT2D eigenvalue weighted by Gasteiger charge is -1.89. The van der Waals surface area contributed by atoms with Gasteiger partial charge in [-0.25, -0.2) is 0 Å². The van der Waals surface area contributed by atoms with Crippen molar-refractivity contribution in [1.29, 1.82) is 0 Å². The summed E-state index contributed by atoms with van der Waals surface area (Å²) in [6.45, 7) is 3.38. The first-order valence-corrected chi connectivity index (χ1v) is 3.71. The van der Waals surface area contributed by atoms with Crippen LogP contribution in [0.3, 0.4) is 0 Å². The van der Waals surface area contributed by atoms with Crippen LogP contribution in [0.2, 0.25) is 0 Å². The van der Waals surface area contributed by atoms with Crippen molar-refractivity contribution in [2.24, 2.45) is 0 Å². The van der Waals surface area contributed by atoms with E-state index in [0.717, 1.165) is 0 Å². The number of hydrogen-bond donors (Lipinski definition) is 1. The Balaban J connectivity index is 3.27. The van der Waals surface area contributed by atoms with E-state index in [1.807, 2.05) is 0 Å². The van der Waals surface area contributed by atoms with Crippen molar-refractivity contribution >= 4 is 8.25 Å². The lowest BCUT2D eigenvalue weighted by Crippen LogP contribution is -2.00. The minimum absolute atomic E-state index is 0.321. The Morgan fingerprint density at radius 1 is 1.78 bits per heavy atom. The topological polar surface area (TPSA) is 55.8 Å². The van der Waals surface area contributed by atoms with E-state index in [1.54, 1.807) is 6.92 Å². The molecule has 0 bridgehead atoms. The molecule has 1 N–H and O–H groups in total.